The number of pyridine rings is 1. The maximum Gasteiger partial charge on any atom is 0.272 e. The zero-order valence-corrected chi connectivity index (χ0v) is 13.3. The molecule has 1 aliphatic rings. The number of anilines is 1. The third-order valence-electron chi connectivity index (χ3n) is 4.13. The van der Waals surface area contributed by atoms with Gasteiger partial charge in [-0.2, -0.15) is 0 Å². The average Bonchev–Trinajstić information content (AvgIpc) is 2.81. The van der Waals surface area contributed by atoms with E-state index in [4.69, 9.17) is 0 Å². The van der Waals surface area contributed by atoms with Crippen molar-refractivity contribution in [1.29, 1.82) is 0 Å². The lowest BCUT2D eigenvalue weighted by Crippen LogP contribution is -2.29. The van der Waals surface area contributed by atoms with Crippen LogP contribution in [0.2, 0.25) is 0 Å². The van der Waals surface area contributed by atoms with Gasteiger partial charge in [0.05, 0.1) is 0 Å². The van der Waals surface area contributed by atoms with Gasteiger partial charge < -0.3 is 9.80 Å². The first-order chi connectivity index (χ1) is 10.2. The standard InChI is InChI=1S/C17H27N3O/c1-3-4-11-19(2)17(21)16-14-15(9-10-18-16)20-12-7-5-6-8-13-20/h9-10,14H,3-8,11-13H2,1-2H3. The van der Waals surface area contributed by atoms with Crippen LogP contribution in [0, 0.1) is 0 Å². The summed E-state index contributed by atoms with van der Waals surface area (Å²) in [6.07, 6.45) is 9.00. The highest BCUT2D eigenvalue weighted by Crippen LogP contribution is 2.20. The molecule has 1 aromatic heterocycles. The number of unbranched alkanes of at least 4 members (excludes halogenated alkanes) is 1. The Morgan fingerprint density at radius 1 is 1.29 bits per heavy atom. The second-order valence-electron chi connectivity index (χ2n) is 5.88. The number of carbonyl (C=O) groups excluding carboxylic acids is 1. The van der Waals surface area contributed by atoms with Crippen LogP contribution in [0.3, 0.4) is 0 Å². The van der Waals surface area contributed by atoms with Crippen LogP contribution in [0.1, 0.15) is 55.9 Å². The van der Waals surface area contributed by atoms with Gasteiger partial charge in [0.15, 0.2) is 0 Å². The Morgan fingerprint density at radius 3 is 2.67 bits per heavy atom. The van der Waals surface area contributed by atoms with E-state index < -0.39 is 0 Å². The SMILES string of the molecule is CCCCN(C)C(=O)c1cc(N2CCCCCC2)ccn1. The van der Waals surface area contributed by atoms with Gasteiger partial charge in [-0.1, -0.05) is 26.2 Å². The Labute approximate surface area is 128 Å². The van der Waals surface area contributed by atoms with Gasteiger partial charge in [0.1, 0.15) is 5.69 Å². The second-order valence-corrected chi connectivity index (χ2v) is 5.88. The first-order valence-corrected chi connectivity index (χ1v) is 8.19. The number of nitrogens with zero attached hydrogens (tertiary/aromatic N) is 3. The summed E-state index contributed by atoms with van der Waals surface area (Å²) < 4.78 is 0. The molecule has 2 rings (SSSR count). The van der Waals surface area contributed by atoms with Crippen molar-refractivity contribution in [2.45, 2.75) is 45.4 Å². The van der Waals surface area contributed by atoms with E-state index in [9.17, 15) is 4.79 Å². The van der Waals surface area contributed by atoms with Crippen LogP contribution in [0.15, 0.2) is 18.3 Å². The fourth-order valence-electron chi connectivity index (χ4n) is 2.75. The van der Waals surface area contributed by atoms with Crippen LogP contribution < -0.4 is 4.90 Å². The van der Waals surface area contributed by atoms with Gasteiger partial charge in [-0.15, -0.1) is 0 Å². The predicted molar refractivity (Wildman–Crippen MR) is 86.8 cm³/mol. The van der Waals surface area contributed by atoms with Crippen molar-refractivity contribution in [2.75, 3.05) is 31.6 Å². The normalized spacial score (nSPS) is 15.6. The van der Waals surface area contributed by atoms with Crippen molar-refractivity contribution < 1.29 is 4.79 Å². The van der Waals surface area contributed by atoms with Crippen LogP contribution in [0.4, 0.5) is 5.69 Å². The minimum absolute atomic E-state index is 0.0279. The fourth-order valence-corrected chi connectivity index (χ4v) is 2.75. The van der Waals surface area contributed by atoms with E-state index in [-0.39, 0.29) is 5.91 Å². The van der Waals surface area contributed by atoms with Crippen molar-refractivity contribution in [3.8, 4) is 0 Å². The molecule has 0 atom stereocenters. The van der Waals surface area contributed by atoms with Crippen molar-refractivity contribution in [1.82, 2.24) is 9.88 Å². The number of carbonyl (C=O) groups is 1. The number of rotatable bonds is 5. The summed E-state index contributed by atoms with van der Waals surface area (Å²) >= 11 is 0. The fraction of sp³-hybridized carbons (Fsp3) is 0.647. The van der Waals surface area contributed by atoms with Crippen LogP contribution >= 0.6 is 0 Å². The van der Waals surface area contributed by atoms with Crippen LogP contribution in [0.5, 0.6) is 0 Å². The first kappa shape index (κ1) is 15.8. The van der Waals surface area contributed by atoms with E-state index in [1.54, 1.807) is 11.1 Å². The molecule has 1 aromatic rings. The molecule has 0 spiro atoms. The van der Waals surface area contributed by atoms with Crippen LogP contribution in [-0.2, 0) is 0 Å². The molecule has 0 bridgehead atoms. The number of hydrogen-bond acceptors (Lipinski definition) is 3. The molecule has 4 nitrogen and oxygen atoms in total. The first-order valence-electron chi connectivity index (χ1n) is 8.19. The Bertz CT molecular complexity index is 453. The zero-order valence-electron chi connectivity index (χ0n) is 13.3. The molecular weight excluding hydrogens is 262 g/mol. The molecule has 0 radical (unpaired) electrons. The Balaban J connectivity index is 2.07. The van der Waals surface area contributed by atoms with Crippen LogP contribution in [0.25, 0.3) is 0 Å². The van der Waals surface area contributed by atoms with Crippen molar-refractivity contribution in [3.05, 3.63) is 24.0 Å². The summed E-state index contributed by atoms with van der Waals surface area (Å²) in [5, 5.41) is 0. The van der Waals surface area contributed by atoms with Gasteiger partial charge in [0.25, 0.3) is 5.91 Å². The van der Waals surface area contributed by atoms with E-state index >= 15 is 0 Å². The molecule has 1 saturated heterocycles. The Morgan fingerprint density at radius 2 is 2.00 bits per heavy atom. The third kappa shape index (κ3) is 4.45. The van der Waals surface area contributed by atoms with E-state index in [0.717, 1.165) is 38.2 Å². The highest BCUT2D eigenvalue weighted by atomic mass is 16.2. The highest BCUT2D eigenvalue weighted by Gasteiger charge is 2.16. The predicted octanol–water partition coefficient (Wildman–Crippen LogP) is 3.33. The molecule has 116 valence electrons. The molecule has 4 heteroatoms. The maximum absolute atomic E-state index is 12.4. The van der Waals surface area contributed by atoms with Gasteiger partial charge in [-0.25, -0.2) is 0 Å². The molecule has 1 fully saturated rings. The lowest BCUT2D eigenvalue weighted by Gasteiger charge is -2.23. The molecule has 0 saturated carbocycles. The third-order valence-corrected chi connectivity index (χ3v) is 4.13. The number of hydrogen-bond donors (Lipinski definition) is 0. The van der Waals surface area contributed by atoms with Crippen molar-refractivity contribution >= 4 is 11.6 Å². The summed E-state index contributed by atoms with van der Waals surface area (Å²) in [5.41, 5.74) is 1.70. The second kappa shape index (κ2) is 8.01. The quantitative estimate of drug-likeness (QED) is 0.834. The van der Waals surface area contributed by atoms with Crippen LogP contribution in [-0.4, -0.2) is 42.5 Å². The van der Waals surface area contributed by atoms with Gasteiger partial charge >= 0.3 is 0 Å². The smallest absolute Gasteiger partial charge is 0.272 e. The molecule has 0 aliphatic carbocycles. The minimum Gasteiger partial charge on any atom is -0.371 e. The van der Waals surface area contributed by atoms with Gasteiger partial charge in [0.2, 0.25) is 0 Å². The maximum atomic E-state index is 12.4. The average molecular weight is 289 g/mol. The summed E-state index contributed by atoms with van der Waals surface area (Å²) in [5.74, 6) is 0.0279. The Hall–Kier alpha value is -1.58. The van der Waals surface area contributed by atoms with Gasteiger partial charge in [-0.05, 0) is 31.4 Å². The molecule has 1 aliphatic heterocycles. The lowest BCUT2D eigenvalue weighted by atomic mass is 10.2. The summed E-state index contributed by atoms with van der Waals surface area (Å²) in [4.78, 5) is 20.8. The largest absolute Gasteiger partial charge is 0.371 e. The summed E-state index contributed by atoms with van der Waals surface area (Å²) in [7, 11) is 1.86. The minimum atomic E-state index is 0.0279. The van der Waals surface area contributed by atoms with Gasteiger partial charge in [0, 0.05) is 38.6 Å². The molecular formula is C17H27N3O. The molecule has 0 unspecified atom stereocenters. The Kier molecular flexibility index (Phi) is 6.03. The monoisotopic (exact) mass is 289 g/mol. The molecule has 21 heavy (non-hydrogen) atoms. The summed E-state index contributed by atoms with van der Waals surface area (Å²) in [6.45, 7) is 5.11. The number of aromatic nitrogens is 1. The molecule has 2 heterocycles. The lowest BCUT2D eigenvalue weighted by molar-refractivity contribution is 0.0787. The topological polar surface area (TPSA) is 36.4 Å². The molecule has 1 amide bonds. The summed E-state index contributed by atoms with van der Waals surface area (Å²) in [6, 6.07) is 3.98. The van der Waals surface area contributed by atoms with Gasteiger partial charge in [-0.3, -0.25) is 9.78 Å². The highest BCUT2D eigenvalue weighted by molar-refractivity contribution is 5.93. The van der Waals surface area contributed by atoms with E-state index in [0.29, 0.717) is 5.69 Å². The van der Waals surface area contributed by atoms with E-state index in [1.807, 2.05) is 19.2 Å². The van der Waals surface area contributed by atoms with Crippen molar-refractivity contribution in [3.63, 3.8) is 0 Å². The van der Waals surface area contributed by atoms with Crippen molar-refractivity contribution in [2.24, 2.45) is 0 Å². The number of amides is 1. The van der Waals surface area contributed by atoms with E-state index in [1.165, 1.54) is 25.7 Å². The van der Waals surface area contributed by atoms with E-state index in [2.05, 4.69) is 16.8 Å². The molecule has 0 N–H and O–H groups in total. The zero-order chi connectivity index (χ0) is 15.1. The molecule has 0 aromatic carbocycles.